The minimum absolute atomic E-state index is 0. The molecule has 0 saturated heterocycles. The lowest BCUT2D eigenvalue weighted by Crippen LogP contribution is -2.14. The van der Waals surface area contributed by atoms with Crippen LogP contribution in [0.25, 0.3) is 0 Å². The molecule has 0 bridgehead atoms. The first-order valence-electron chi connectivity index (χ1n) is 7.02. The Morgan fingerprint density at radius 3 is 2.71 bits per heavy atom. The van der Waals surface area contributed by atoms with E-state index in [4.69, 9.17) is 15.2 Å². The lowest BCUT2D eigenvalue weighted by Gasteiger charge is -2.13. The first-order valence-corrected chi connectivity index (χ1v) is 7.02. The molecule has 1 amide bonds. The van der Waals surface area contributed by atoms with E-state index in [0.717, 1.165) is 12.8 Å². The number of anilines is 1. The van der Waals surface area contributed by atoms with Crippen LogP contribution in [0.3, 0.4) is 0 Å². The first-order chi connectivity index (χ1) is 9.71. The molecule has 6 heteroatoms. The lowest BCUT2D eigenvalue weighted by atomic mass is 10.2. The molecule has 0 fully saturated rings. The largest absolute Gasteiger partial charge is 0.497 e. The van der Waals surface area contributed by atoms with Gasteiger partial charge in [0.05, 0.1) is 19.4 Å². The molecule has 0 heterocycles. The van der Waals surface area contributed by atoms with Gasteiger partial charge in [-0.15, -0.1) is 12.4 Å². The number of methoxy groups -OCH3 is 1. The summed E-state index contributed by atoms with van der Waals surface area (Å²) in [6, 6.07) is 5.39. The molecule has 5 nitrogen and oxygen atoms in total. The van der Waals surface area contributed by atoms with Gasteiger partial charge in [0.1, 0.15) is 11.5 Å². The van der Waals surface area contributed by atoms with Crippen molar-refractivity contribution in [1.82, 2.24) is 0 Å². The quantitative estimate of drug-likeness (QED) is 0.687. The van der Waals surface area contributed by atoms with Gasteiger partial charge in [0.25, 0.3) is 0 Å². The zero-order chi connectivity index (χ0) is 14.8. The molecule has 0 saturated carbocycles. The van der Waals surface area contributed by atoms with E-state index in [1.165, 1.54) is 0 Å². The van der Waals surface area contributed by atoms with E-state index < -0.39 is 0 Å². The number of carbonyl (C=O) groups is 1. The van der Waals surface area contributed by atoms with Crippen molar-refractivity contribution < 1.29 is 14.3 Å². The monoisotopic (exact) mass is 316 g/mol. The van der Waals surface area contributed by atoms with Gasteiger partial charge in [-0.2, -0.15) is 0 Å². The normalized spacial score (nSPS) is 9.67. The lowest BCUT2D eigenvalue weighted by molar-refractivity contribution is -0.116. The molecule has 0 aromatic heterocycles. The summed E-state index contributed by atoms with van der Waals surface area (Å²) in [5.41, 5.74) is 6.04. The summed E-state index contributed by atoms with van der Waals surface area (Å²) >= 11 is 0. The van der Waals surface area contributed by atoms with Crippen LogP contribution in [0.15, 0.2) is 18.2 Å². The fourth-order valence-corrected chi connectivity index (χ4v) is 1.66. The second-order valence-corrected chi connectivity index (χ2v) is 4.50. The van der Waals surface area contributed by atoms with Crippen molar-refractivity contribution in [2.45, 2.75) is 32.6 Å². The van der Waals surface area contributed by atoms with Crippen LogP contribution in [-0.4, -0.2) is 26.2 Å². The van der Waals surface area contributed by atoms with Crippen molar-refractivity contribution in [3.05, 3.63) is 18.2 Å². The molecular weight excluding hydrogens is 292 g/mol. The third kappa shape index (κ3) is 7.20. The summed E-state index contributed by atoms with van der Waals surface area (Å²) < 4.78 is 10.9. The topological polar surface area (TPSA) is 73.6 Å². The third-order valence-electron chi connectivity index (χ3n) is 2.82. The molecule has 0 aliphatic carbocycles. The minimum atomic E-state index is -0.0657. The van der Waals surface area contributed by atoms with Crippen LogP contribution in [0.1, 0.15) is 32.6 Å². The van der Waals surface area contributed by atoms with Crippen LogP contribution in [0, 0.1) is 0 Å². The second kappa shape index (κ2) is 11.2. The summed E-state index contributed by atoms with van der Waals surface area (Å²) in [5, 5.41) is 2.85. The Hall–Kier alpha value is -1.46. The van der Waals surface area contributed by atoms with Crippen molar-refractivity contribution in [1.29, 1.82) is 0 Å². The fraction of sp³-hybridized carbons (Fsp3) is 0.533. The van der Waals surface area contributed by atoms with Crippen LogP contribution in [0.4, 0.5) is 5.69 Å². The second-order valence-electron chi connectivity index (χ2n) is 4.50. The average molecular weight is 317 g/mol. The highest BCUT2D eigenvalue weighted by Gasteiger charge is 2.09. The van der Waals surface area contributed by atoms with Gasteiger partial charge in [-0.05, 0) is 31.5 Å². The predicted molar refractivity (Wildman–Crippen MR) is 87.6 cm³/mol. The molecular formula is C15H25ClN2O3. The number of nitrogens with one attached hydrogen (secondary N) is 1. The minimum Gasteiger partial charge on any atom is -0.497 e. The van der Waals surface area contributed by atoms with Crippen LogP contribution >= 0.6 is 12.4 Å². The predicted octanol–water partition coefficient (Wildman–Crippen LogP) is 2.97. The molecule has 0 atom stereocenters. The van der Waals surface area contributed by atoms with Crippen molar-refractivity contribution in [3.63, 3.8) is 0 Å². The van der Waals surface area contributed by atoms with E-state index in [-0.39, 0.29) is 18.3 Å². The maximum atomic E-state index is 11.8. The molecule has 0 unspecified atom stereocenters. The van der Waals surface area contributed by atoms with E-state index in [2.05, 4.69) is 12.2 Å². The number of amides is 1. The number of nitrogens with two attached hydrogens (primary N) is 1. The van der Waals surface area contributed by atoms with E-state index in [0.29, 0.717) is 43.2 Å². The number of rotatable bonds is 9. The Kier molecular flexibility index (Phi) is 10.4. The highest BCUT2D eigenvalue weighted by Crippen LogP contribution is 2.29. The zero-order valence-electron chi connectivity index (χ0n) is 12.7. The molecule has 1 aromatic carbocycles. The van der Waals surface area contributed by atoms with Gasteiger partial charge in [-0.25, -0.2) is 0 Å². The van der Waals surface area contributed by atoms with Crippen molar-refractivity contribution in [2.75, 3.05) is 25.6 Å². The molecule has 21 heavy (non-hydrogen) atoms. The van der Waals surface area contributed by atoms with Gasteiger partial charge in [0.2, 0.25) is 5.91 Å². The fourth-order valence-electron chi connectivity index (χ4n) is 1.66. The molecule has 1 aromatic rings. The Morgan fingerprint density at radius 2 is 2.10 bits per heavy atom. The number of carbonyl (C=O) groups excluding carboxylic acids is 1. The van der Waals surface area contributed by atoms with Crippen LogP contribution in [0.2, 0.25) is 0 Å². The van der Waals surface area contributed by atoms with Gasteiger partial charge < -0.3 is 20.5 Å². The SMILES string of the molecule is CCCCOc1ccc(OC)cc1NC(=O)CCCN.Cl. The number of ether oxygens (including phenoxy) is 2. The van der Waals surface area contributed by atoms with E-state index >= 15 is 0 Å². The van der Waals surface area contributed by atoms with Gasteiger partial charge in [-0.1, -0.05) is 13.3 Å². The summed E-state index contributed by atoms with van der Waals surface area (Å²) in [5.74, 6) is 1.28. The molecule has 0 aliphatic heterocycles. The van der Waals surface area contributed by atoms with E-state index in [9.17, 15) is 4.79 Å². The molecule has 0 radical (unpaired) electrons. The van der Waals surface area contributed by atoms with Crippen LogP contribution in [-0.2, 0) is 4.79 Å². The zero-order valence-corrected chi connectivity index (χ0v) is 13.5. The number of halogens is 1. The number of benzene rings is 1. The highest BCUT2D eigenvalue weighted by molar-refractivity contribution is 5.92. The van der Waals surface area contributed by atoms with Crippen LogP contribution in [0.5, 0.6) is 11.5 Å². The van der Waals surface area contributed by atoms with E-state index in [1.807, 2.05) is 12.1 Å². The van der Waals surface area contributed by atoms with Crippen molar-refractivity contribution in [2.24, 2.45) is 5.73 Å². The molecule has 0 aliphatic rings. The summed E-state index contributed by atoms with van der Waals surface area (Å²) in [4.78, 5) is 11.8. The summed E-state index contributed by atoms with van der Waals surface area (Å²) in [6.45, 7) is 3.24. The average Bonchev–Trinajstić information content (AvgIpc) is 2.46. The third-order valence-corrected chi connectivity index (χ3v) is 2.82. The molecule has 1 rings (SSSR count). The van der Waals surface area contributed by atoms with E-state index in [1.54, 1.807) is 13.2 Å². The first kappa shape index (κ1) is 19.5. The Labute approximate surface area is 132 Å². The van der Waals surface area contributed by atoms with Gasteiger partial charge in [0, 0.05) is 12.5 Å². The Bertz CT molecular complexity index is 427. The molecule has 3 N–H and O–H groups in total. The number of hydrogen-bond acceptors (Lipinski definition) is 4. The summed E-state index contributed by atoms with van der Waals surface area (Å²) in [6.07, 6.45) is 3.12. The van der Waals surface area contributed by atoms with Crippen LogP contribution < -0.4 is 20.5 Å². The van der Waals surface area contributed by atoms with Crippen molar-refractivity contribution in [3.8, 4) is 11.5 Å². The Balaban J connectivity index is 0.00000400. The standard InChI is InChI=1S/C15H24N2O3.ClH/c1-3-4-10-20-14-8-7-12(19-2)11-13(14)17-15(18)6-5-9-16;/h7-8,11H,3-6,9-10,16H2,1-2H3,(H,17,18);1H. The maximum absolute atomic E-state index is 11.8. The number of hydrogen-bond donors (Lipinski definition) is 2. The maximum Gasteiger partial charge on any atom is 0.224 e. The summed E-state index contributed by atoms with van der Waals surface area (Å²) in [7, 11) is 1.59. The Morgan fingerprint density at radius 1 is 1.33 bits per heavy atom. The highest BCUT2D eigenvalue weighted by atomic mass is 35.5. The van der Waals surface area contributed by atoms with Gasteiger partial charge in [-0.3, -0.25) is 4.79 Å². The van der Waals surface area contributed by atoms with Crippen molar-refractivity contribution >= 4 is 24.0 Å². The smallest absolute Gasteiger partial charge is 0.224 e. The van der Waals surface area contributed by atoms with Gasteiger partial charge in [0.15, 0.2) is 0 Å². The number of unbranched alkanes of at least 4 members (excludes halogenated alkanes) is 1. The molecule has 0 spiro atoms. The van der Waals surface area contributed by atoms with Gasteiger partial charge >= 0.3 is 0 Å². The molecule has 120 valence electrons.